The number of aliphatic imine (C=N–C) groups is 2. The van der Waals surface area contributed by atoms with Gasteiger partial charge in [0.15, 0.2) is 0 Å². The number of nitrogens with zero attached hydrogens (tertiary/aromatic N) is 2. The van der Waals surface area contributed by atoms with Crippen LogP contribution in [-0.2, 0) is 0 Å². The van der Waals surface area contributed by atoms with Crippen LogP contribution in [0.15, 0.2) is 70.9 Å². The van der Waals surface area contributed by atoms with E-state index >= 15 is 0 Å². The van der Waals surface area contributed by atoms with Crippen molar-refractivity contribution in [3.63, 3.8) is 0 Å². The van der Waals surface area contributed by atoms with Crippen molar-refractivity contribution in [3.8, 4) is 11.1 Å². The number of nitrogens with one attached hydrogen (secondary N) is 2. The first-order valence-electron chi connectivity index (χ1n) is 11.2. The van der Waals surface area contributed by atoms with E-state index in [1.807, 2.05) is 23.5 Å². The van der Waals surface area contributed by atoms with Gasteiger partial charge in [0.05, 0.1) is 12.1 Å². The summed E-state index contributed by atoms with van der Waals surface area (Å²) in [4.78, 5) is 9.39. The predicted octanol–water partition coefficient (Wildman–Crippen LogP) is 5.69. The number of benzene rings is 2. The number of rotatable bonds is 5. The van der Waals surface area contributed by atoms with Crippen LogP contribution in [0.3, 0.4) is 0 Å². The third-order valence-electron chi connectivity index (χ3n) is 6.60. The van der Waals surface area contributed by atoms with Gasteiger partial charge in [0.1, 0.15) is 0 Å². The monoisotopic (exact) mass is 474 g/mol. The molecule has 0 spiro atoms. The molecule has 2 saturated heterocycles. The summed E-state index contributed by atoms with van der Waals surface area (Å²) in [6.45, 7) is 0. The molecule has 0 unspecified atom stereocenters. The molecule has 4 nitrogen and oxygen atoms in total. The van der Waals surface area contributed by atoms with Gasteiger partial charge in [0.2, 0.25) is 0 Å². The standard InChI is InChI=1S/C26H26N4S2.CH4/c1-5-19(21-9-23(27-11-21)25-13-31-15-29-25)6-2-17(1)18-3-7-20(8-4-18)22-10-24(28-12-22)26-14-32-16-30-26;/h1-8,11-12,25-26,29-30H,9-10,13-16H2;1H4/t25-,26-;/m0./s1. The van der Waals surface area contributed by atoms with Crippen molar-refractivity contribution in [2.45, 2.75) is 32.4 Å². The lowest BCUT2D eigenvalue weighted by atomic mass is 9.95. The van der Waals surface area contributed by atoms with E-state index in [2.05, 4.69) is 71.6 Å². The maximum Gasteiger partial charge on any atom is 0.0557 e. The van der Waals surface area contributed by atoms with E-state index in [0.29, 0.717) is 12.1 Å². The van der Waals surface area contributed by atoms with E-state index in [0.717, 1.165) is 36.1 Å². The zero-order valence-electron chi connectivity index (χ0n) is 17.9. The van der Waals surface area contributed by atoms with Crippen molar-refractivity contribution in [1.82, 2.24) is 10.6 Å². The largest absolute Gasteiger partial charge is 0.299 e. The molecule has 2 N–H and O–H groups in total. The molecule has 6 heteroatoms. The Bertz CT molecular complexity index is 1030. The predicted molar refractivity (Wildman–Crippen MR) is 147 cm³/mol. The van der Waals surface area contributed by atoms with Gasteiger partial charge in [-0.2, -0.15) is 0 Å². The molecule has 33 heavy (non-hydrogen) atoms. The number of thioether (sulfide) groups is 2. The summed E-state index contributed by atoms with van der Waals surface area (Å²) in [7, 11) is 0. The van der Waals surface area contributed by atoms with Crippen molar-refractivity contribution in [3.05, 3.63) is 72.1 Å². The van der Waals surface area contributed by atoms with Gasteiger partial charge >= 0.3 is 0 Å². The second-order valence-electron chi connectivity index (χ2n) is 8.60. The minimum absolute atomic E-state index is 0. The molecular weight excluding hydrogens is 444 g/mol. The van der Waals surface area contributed by atoms with E-state index in [1.165, 1.54) is 44.8 Å². The van der Waals surface area contributed by atoms with Crippen molar-refractivity contribution in [2.24, 2.45) is 9.98 Å². The molecule has 0 amide bonds. The molecule has 2 aromatic carbocycles. The Morgan fingerprint density at radius 3 is 1.36 bits per heavy atom. The normalized spacial score (nSPS) is 24.2. The van der Waals surface area contributed by atoms with Crippen molar-refractivity contribution < 1.29 is 0 Å². The first-order valence-corrected chi connectivity index (χ1v) is 13.5. The minimum atomic E-state index is 0. The Morgan fingerprint density at radius 1 is 0.606 bits per heavy atom. The van der Waals surface area contributed by atoms with Gasteiger partial charge in [-0.25, -0.2) is 0 Å². The maximum absolute atomic E-state index is 4.69. The highest BCUT2D eigenvalue weighted by Crippen LogP contribution is 2.31. The first kappa shape index (κ1) is 22.7. The quantitative estimate of drug-likeness (QED) is 0.585. The maximum atomic E-state index is 4.69. The summed E-state index contributed by atoms with van der Waals surface area (Å²) < 4.78 is 0. The van der Waals surface area contributed by atoms with Gasteiger partial charge in [-0.3, -0.25) is 20.6 Å². The highest BCUT2D eigenvalue weighted by atomic mass is 32.2. The molecule has 170 valence electrons. The lowest BCUT2D eigenvalue weighted by Crippen LogP contribution is -2.32. The number of hydrogen-bond donors (Lipinski definition) is 2. The van der Waals surface area contributed by atoms with E-state index < -0.39 is 0 Å². The molecule has 0 aromatic heterocycles. The highest BCUT2D eigenvalue weighted by Gasteiger charge is 2.25. The third-order valence-corrected chi connectivity index (χ3v) is 8.48. The molecule has 0 radical (unpaired) electrons. The fourth-order valence-corrected chi connectivity index (χ4v) is 6.61. The average Bonchev–Trinajstić information content (AvgIpc) is 3.66. The van der Waals surface area contributed by atoms with Crippen LogP contribution in [-0.4, -0.2) is 46.8 Å². The summed E-state index contributed by atoms with van der Waals surface area (Å²) in [6, 6.07) is 18.7. The molecule has 0 saturated carbocycles. The molecular formula is C27H30N4S2. The van der Waals surface area contributed by atoms with Crippen molar-refractivity contribution in [1.29, 1.82) is 0 Å². The second-order valence-corrected chi connectivity index (χ2v) is 10.7. The molecule has 0 bridgehead atoms. The SMILES string of the molecule is C.C1=C(c2ccc(-c3ccc(C4=CN=C([C@@H]5CSCN5)C4)cc3)cc2)CC([C@@H]2CSCN2)=N1. The van der Waals surface area contributed by atoms with Crippen molar-refractivity contribution in [2.75, 3.05) is 23.3 Å². The summed E-state index contributed by atoms with van der Waals surface area (Å²) in [5, 5.41) is 7.05. The number of hydrogen-bond acceptors (Lipinski definition) is 6. The van der Waals surface area contributed by atoms with Crippen LogP contribution < -0.4 is 10.6 Å². The fraction of sp³-hybridized carbons (Fsp3) is 0.333. The van der Waals surface area contributed by atoms with E-state index in [1.54, 1.807) is 0 Å². The minimum Gasteiger partial charge on any atom is -0.299 e. The average molecular weight is 475 g/mol. The second kappa shape index (κ2) is 10.0. The van der Waals surface area contributed by atoms with Crippen LogP contribution in [0, 0.1) is 0 Å². The van der Waals surface area contributed by atoms with Gasteiger partial charge in [-0.1, -0.05) is 56.0 Å². The van der Waals surface area contributed by atoms with E-state index in [-0.39, 0.29) is 7.43 Å². The lowest BCUT2D eigenvalue weighted by molar-refractivity contribution is 0.781. The Balaban J connectivity index is 0.00000228. The topological polar surface area (TPSA) is 48.8 Å². The zero-order chi connectivity index (χ0) is 21.3. The molecule has 4 aliphatic rings. The third kappa shape index (κ3) is 4.76. The molecule has 6 rings (SSSR count). The van der Waals surface area contributed by atoms with Gasteiger partial charge in [-0.05, 0) is 33.4 Å². The zero-order valence-corrected chi connectivity index (χ0v) is 19.5. The molecule has 4 heterocycles. The van der Waals surface area contributed by atoms with Crippen LogP contribution in [0.5, 0.6) is 0 Å². The summed E-state index contributed by atoms with van der Waals surface area (Å²) in [6.07, 6.45) is 6.02. The summed E-state index contributed by atoms with van der Waals surface area (Å²) in [5.74, 6) is 4.34. The summed E-state index contributed by atoms with van der Waals surface area (Å²) >= 11 is 3.90. The Kier molecular flexibility index (Phi) is 6.88. The first-order chi connectivity index (χ1) is 15.8. The van der Waals surface area contributed by atoms with Crippen molar-refractivity contribution >= 4 is 46.1 Å². The fourth-order valence-electron chi connectivity index (χ4n) is 4.65. The smallest absolute Gasteiger partial charge is 0.0557 e. The van der Waals surface area contributed by atoms with Crippen LogP contribution in [0.1, 0.15) is 31.4 Å². The Hall–Kier alpha value is -2.12. The lowest BCUT2D eigenvalue weighted by Gasteiger charge is -2.11. The summed E-state index contributed by atoms with van der Waals surface area (Å²) in [5.41, 5.74) is 10.2. The van der Waals surface area contributed by atoms with Gasteiger partial charge < -0.3 is 0 Å². The van der Waals surface area contributed by atoms with E-state index in [9.17, 15) is 0 Å². The van der Waals surface area contributed by atoms with Crippen LogP contribution in [0.25, 0.3) is 22.3 Å². The molecule has 2 aromatic rings. The van der Waals surface area contributed by atoms with Gasteiger partial charge in [0.25, 0.3) is 0 Å². The van der Waals surface area contributed by atoms with Crippen LogP contribution in [0.2, 0.25) is 0 Å². The van der Waals surface area contributed by atoms with Crippen LogP contribution >= 0.6 is 23.5 Å². The molecule has 2 fully saturated rings. The Labute approximate surface area is 205 Å². The van der Waals surface area contributed by atoms with E-state index in [4.69, 9.17) is 9.98 Å². The van der Waals surface area contributed by atoms with Crippen LogP contribution in [0.4, 0.5) is 0 Å². The molecule has 4 aliphatic heterocycles. The van der Waals surface area contributed by atoms with Gasteiger partial charge in [0, 0.05) is 59.9 Å². The molecule has 0 aliphatic carbocycles. The highest BCUT2D eigenvalue weighted by molar-refractivity contribution is 7.99. The number of allylic oxidation sites excluding steroid dienone is 2. The molecule has 2 atom stereocenters. The Morgan fingerprint density at radius 2 is 1.00 bits per heavy atom. The van der Waals surface area contributed by atoms with Gasteiger partial charge in [-0.15, -0.1) is 23.5 Å².